The summed E-state index contributed by atoms with van der Waals surface area (Å²) in [6.07, 6.45) is 6.11. The van der Waals surface area contributed by atoms with E-state index in [2.05, 4.69) is 5.32 Å². The van der Waals surface area contributed by atoms with Crippen LogP contribution in [0.25, 0.3) is 5.65 Å². The van der Waals surface area contributed by atoms with Crippen molar-refractivity contribution < 1.29 is 14.3 Å². The lowest BCUT2D eigenvalue weighted by atomic mass is 10.0. The molecule has 0 bridgehead atoms. The Kier molecular flexibility index (Phi) is 4.62. The van der Waals surface area contributed by atoms with Gasteiger partial charge in [-0.15, -0.1) is 0 Å². The maximum absolute atomic E-state index is 13.0. The predicted octanol–water partition coefficient (Wildman–Crippen LogP) is 2.86. The molecular formula is C21H21N3O3. The molecule has 1 aliphatic rings. The standard InChI is InChI=1S/C21H21N3O3/c1-27-21(26)18(14-8-3-2-4-9-14)23-20(25)15-10-7-13-24-17-12-6-5-11-16(17)22-19(15)24/h2-4,7-10,13,18H,5-6,11-12H2,1H3,(H,23,25)/t18-/m1/s1. The number of rotatable bonds is 4. The van der Waals surface area contributed by atoms with Gasteiger partial charge in [-0.2, -0.15) is 0 Å². The molecule has 6 nitrogen and oxygen atoms in total. The summed E-state index contributed by atoms with van der Waals surface area (Å²) >= 11 is 0. The van der Waals surface area contributed by atoms with Crippen LogP contribution in [0.4, 0.5) is 0 Å². The first-order valence-electron chi connectivity index (χ1n) is 9.11. The monoisotopic (exact) mass is 363 g/mol. The lowest BCUT2D eigenvalue weighted by molar-refractivity contribution is -0.143. The van der Waals surface area contributed by atoms with Gasteiger partial charge in [-0.05, 0) is 43.4 Å². The highest BCUT2D eigenvalue weighted by molar-refractivity contribution is 6.01. The minimum atomic E-state index is -0.867. The quantitative estimate of drug-likeness (QED) is 0.724. The molecule has 0 unspecified atom stereocenters. The van der Waals surface area contributed by atoms with Crippen LogP contribution in [0.2, 0.25) is 0 Å². The number of amides is 1. The summed E-state index contributed by atoms with van der Waals surface area (Å²) in [6.45, 7) is 0. The van der Waals surface area contributed by atoms with Crippen LogP contribution in [-0.4, -0.2) is 28.4 Å². The lowest BCUT2D eigenvalue weighted by Gasteiger charge is -2.17. The SMILES string of the molecule is COC(=O)[C@H](NC(=O)c1cccn2c3c(nc12)CCCC3)c1ccccc1. The zero-order valence-electron chi connectivity index (χ0n) is 15.1. The molecule has 1 N–H and O–H groups in total. The van der Waals surface area contributed by atoms with Gasteiger partial charge in [0.25, 0.3) is 5.91 Å². The second-order valence-corrected chi connectivity index (χ2v) is 6.67. The van der Waals surface area contributed by atoms with Gasteiger partial charge in [0, 0.05) is 11.9 Å². The number of ether oxygens (including phenoxy) is 1. The molecule has 0 radical (unpaired) electrons. The third-order valence-corrected chi connectivity index (χ3v) is 5.00. The van der Waals surface area contributed by atoms with Crippen molar-refractivity contribution in [2.24, 2.45) is 0 Å². The van der Waals surface area contributed by atoms with Gasteiger partial charge >= 0.3 is 5.97 Å². The first kappa shape index (κ1) is 17.3. The number of aryl methyl sites for hydroxylation is 2. The van der Waals surface area contributed by atoms with Gasteiger partial charge in [0.15, 0.2) is 6.04 Å². The molecule has 138 valence electrons. The number of imidazole rings is 1. The van der Waals surface area contributed by atoms with E-state index in [1.54, 1.807) is 18.2 Å². The Balaban J connectivity index is 1.70. The van der Waals surface area contributed by atoms with Gasteiger partial charge in [-0.1, -0.05) is 30.3 Å². The number of benzene rings is 1. The highest BCUT2D eigenvalue weighted by atomic mass is 16.5. The molecule has 3 aromatic rings. The number of carbonyl (C=O) groups is 2. The first-order chi connectivity index (χ1) is 13.2. The minimum Gasteiger partial charge on any atom is -0.467 e. The number of nitrogens with zero attached hydrogens (tertiary/aromatic N) is 2. The summed E-state index contributed by atoms with van der Waals surface area (Å²) in [5.41, 5.74) is 4.01. The molecule has 1 aliphatic carbocycles. The molecule has 0 saturated heterocycles. The average molecular weight is 363 g/mol. The summed E-state index contributed by atoms with van der Waals surface area (Å²) in [6, 6.07) is 11.8. The maximum Gasteiger partial charge on any atom is 0.333 e. The topological polar surface area (TPSA) is 72.7 Å². The zero-order chi connectivity index (χ0) is 18.8. The van der Waals surface area contributed by atoms with Crippen LogP contribution >= 0.6 is 0 Å². The molecule has 2 aromatic heterocycles. The smallest absolute Gasteiger partial charge is 0.333 e. The van der Waals surface area contributed by atoms with Gasteiger partial charge in [0.05, 0.1) is 18.4 Å². The maximum atomic E-state index is 13.0. The third-order valence-electron chi connectivity index (χ3n) is 5.00. The molecule has 6 heteroatoms. The Morgan fingerprint density at radius 3 is 2.67 bits per heavy atom. The molecule has 1 amide bonds. The molecule has 1 aromatic carbocycles. The predicted molar refractivity (Wildman–Crippen MR) is 100 cm³/mol. The van der Waals surface area contributed by atoms with Crippen molar-refractivity contribution in [2.75, 3.05) is 7.11 Å². The van der Waals surface area contributed by atoms with Crippen molar-refractivity contribution in [3.8, 4) is 0 Å². The largest absolute Gasteiger partial charge is 0.467 e. The van der Waals surface area contributed by atoms with Crippen LogP contribution in [0, 0.1) is 0 Å². The van der Waals surface area contributed by atoms with E-state index in [-0.39, 0.29) is 5.91 Å². The molecule has 1 atom stereocenters. The Hall–Kier alpha value is -3.15. The molecular weight excluding hydrogens is 342 g/mol. The molecule has 27 heavy (non-hydrogen) atoms. The van der Waals surface area contributed by atoms with Crippen molar-refractivity contribution in [2.45, 2.75) is 31.7 Å². The van der Waals surface area contributed by atoms with E-state index in [9.17, 15) is 9.59 Å². The Morgan fingerprint density at radius 1 is 1.11 bits per heavy atom. The molecule has 2 heterocycles. The summed E-state index contributed by atoms with van der Waals surface area (Å²) < 4.78 is 6.88. The van der Waals surface area contributed by atoms with Crippen LogP contribution in [-0.2, 0) is 22.4 Å². The van der Waals surface area contributed by atoms with E-state index in [0.29, 0.717) is 16.8 Å². The van der Waals surface area contributed by atoms with E-state index in [1.165, 1.54) is 12.8 Å². The van der Waals surface area contributed by atoms with Crippen molar-refractivity contribution in [1.82, 2.24) is 14.7 Å². The fraction of sp³-hybridized carbons (Fsp3) is 0.286. The second-order valence-electron chi connectivity index (χ2n) is 6.67. The Labute approximate surface area is 157 Å². The second kappa shape index (κ2) is 7.23. The minimum absolute atomic E-state index is 0.345. The van der Waals surface area contributed by atoms with E-state index >= 15 is 0 Å². The van der Waals surface area contributed by atoms with E-state index in [4.69, 9.17) is 9.72 Å². The Morgan fingerprint density at radius 2 is 1.89 bits per heavy atom. The number of pyridine rings is 1. The summed E-state index contributed by atoms with van der Waals surface area (Å²) in [5, 5.41) is 2.81. The van der Waals surface area contributed by atoms with Crippen molar-refractivity contribution in [3.05, 3.63) is 71.2 Å². The number of aromatic nitrogens is 2. The van der Waals surface area contributed by atoms with Crippen LogP contribution in [0.3, 0.4) is 0 Å². The van der Waals surface area contributed by atoms with Gasteiger partial charge in [-0.25, -0.2) is 9.78 Å². The number of nitrogens with one attached hydrogen (secondary N) is 1. The number of carbonyl (C=O) groups excluding carboxylic acids is 2. The molecule has 4 rings (SSSR count). The normalized spacial score (nSPS) is 14.4. The number of hydrogen-bond donors (Lipinski definition) is 1. The average Bonchev–Trinajstić information content (AvgIpc) is 3.10. The number of hydrogen-bond acceptors (Lipinski definition) is 4. The fourth-order valence-corrected chi connectivity index (χ4v) is 3.64. The van der Waals surface area contributed by atoms with Crippen LogP contribution in [0.1, 0.15) is 46.2 Å². The lowest BCUT2D eigenvalue weighted by Crippen LogP contribution is -2.34. The highest BCUT2D eigenvalue weighted by Gasteiger charge is 2.26. The number of fused-ring (bicyclic) bond motifs is 3. The van der Waals surface area contributed by atoms with Crippen molar-refractivity contribution in [1.29, 1.82) is 0 Å². The summed E-state index contributed by atoms with van der Waals surface area (Å²) in [7, 11) is 1.31. The molecule has 0 fully saturated rings. The summed E-state index contributed by atoms with van der Waals surface area (Å²) in [4.78, 5) is 30.0. The van der Waals surface area contributed by atoms with Gasteiger partial charge < -0.3 is 14.5 Å². The van der Waals surface area contributed by atoms with Crippen LogP contribution in [0.5, 0.6) is 0 Å². The van der Waals surface area contributed by atoms with E-state index in [0.717, 1.165) is 31.4 Å². The van der Waals surface area contributed by atoms with E-state index < -0.39 is 12.0 Å². The van der Waals surface area contributed by atoms with Gasteiger partial charge in [-0.3, -0.25) is 4.79 Å². The van der Waals surface area contributed by atoms with Crippen molar-refractivity contribution >= 4 is 17.5 Å². The van der Waals surface area contributed by atoms with Crippen LogP contribution in [0.15, 0.2) is 48.7 Å². The zero-order valence-corrected chi connectivity index (χ0v) is 15.1. The number of esters is 1. The van der Waals surface area contributed by atoms with Gasteiger partial charge in [0.2, 0.25) is 0 Å². The number of methoxy groups -OCH3 is 1. The van der Waals surface area contributed by atoms with Crippen LogP contribution < -0.4 is 5.32 Å². The summed E-state index contributed by atoms with van der Waals surface area (Å²) in [5.74, 6) is -0.855. The molecule has 0 saturated carbocycles. The third kappa shape index (κ3) is 3.18. The first-order valence-corrected chi connectivity index (χ1v) is 9.11. The van der Waals surface area contributed by atoms with Gasteiger partial charge in [0.1, 0.15) is 5.65 Å². The highest BCUT2D eigenvalue weighted by Crippen LogP contribution is 2.24. The Bertz CT molecular complexity index is 995. The van der Waals surface area contributed by atoms with Crippen molar-refractivity contribution in [3.63, 3.8) is 0 Å². The van der Waals surface area contributed by atoms with E-state index in [1.807, 2.05) is 34.9 Å². The fourth-order valence-electron chi connectivity index (χ4n) is 3.64. The molecule has 0 aliphatic heterocycles. The molecule has 0 spiro atoms.